The molecule has 122 valence electrons. The lowest BCUT2D eigenvalue weighted by atomic mass is 10.2. The zero-order valence-corrected chi connectivity index (χ0v) is 14.8. The van der Waals surface area contributed by atoms with Gasteiger partial charge in [-0.2, -0.15) is 0 Å². The topological polar surface area (TPSA) is 51.0 Å². The van der Waals surface area contributed by atoms with Crippen molar-refractivity contribution < 1.29 is 4.79 Å². The van der Waals surface area contributed by atoms with Gasteiger partial charge in [0.05, 0.1) is 10.9 Å². The zero-order valence-electron chi connectivity index (χ0n) is 13.2. The molecule has 0 saturated carbocycles. The molecule has 0 bridgehead atoms. The SMILES string of the molecule is Cc1ccc(-n2cnnc2SC(C)C(=O)N2CCCC2)cc1Cl. The number of carbonyl (C=O) groups is 1. The Kier molecular flexibility index (Phi) is 4.92. The van der Waals surface area contributed by atoms with Crippen LogP contribution < -0.4 is 0 Å². The molecule has 1 aromatic carbocycles. The van der Waals surface area contributed by atoms with Gasteiger partial charge in [-0.25, -0.2) is 0 Å². The fraction of sp³-hybridized carbons (Fsp3) is 0.438. The van der Waals surface area contributed by atoms with Crippen LogP contribution in [0.15, 0.2) is 29.7 Å². The highest BCUT2D eigenvalue weighted by molar-refractivity contribution is 8.00. The third kappa shape index (κ3) is 3.53. The van der Waals surface area contributed by atoms with E-state index in [1.54, 1.807) is 6.33 Å². The molecule has 1 aromatic heterocycles. The largest absolute Gasteiger partial charge is 0.342 e. The molecule has 0 N–H and O–H groups in total. The van der Waals surface area contributed by atoms with E-state index in [2.05, 4.69) is 10.2 Å². The Morgan fingerprint density at radius 2 is 2.09 bits per heavy atom. The van der Waals surface area contributed by atoms with E-state index in [1.807, 2.05) is 41.5 Å². The number of aromatic nitrogens is 3. The molecule has 1 fully saturated rings. The number of aryl methyl sites for hydroxylation is 1. The Bertz CT molecular complexity index is 712. The Hall–Kier alpha value is -1.53. The van der Waals surface area contributed by atoms with Crippen molar-refractivity contribution in [1.82, 2.24) is 19.7 Å². The van der Waals surface area contributed by atoms with Crippen molar-refractivity contribution in [2.24, 2.45) is 0 Å². The number of carbonyl (C=O) groups excluding carboxylic acids is 1. The number of rotatable bonds is 4. The number of amides is 1. The van der Waals surface area contributed by atoms with E-state index >= 15 is 0 Å². The molecular weight excluding hydrogens is 332 g/mol. The second kappa shape index (κ2) is 6.93. The minimum Gasteiger partial charge on any atom is -0.342 e. The van der Waals surface area contributed by atoms with Crippen molar-refractivity contribution in [2.75, 3.05) is 13.1 Å². The third-order valence-corrected chi connectivity index (χ3v) is 5.45. The molecule has 1 amide bonds. The van der Waals surface area contributed by atoms with Crippen molar-refractivity contribution in [3.8, 4) is 5.69 Å². The van der Waals surface area contributed by atoms with Crippen LogP contribution in [-0.2, 0) is 4.79 Å². The smallest absolute Gasteiger partial charge is 0.235 e. The number of halogens is 1. The second-order valence-electron chi connectivity index (χ2n) is 5.71. The molecular formula is C16H19ClN4OS. The quantitative estimate of drug-likeness (QED) is 0.794. The molecule has 1 aliphatic heterocycles. The summed E-state index contributed by atoms with van der Waals surface area (Å²) >= 11 is 7.64. The summed E-state index contributed by atoms with van der Waals surface area (Å²) in [6, 6.07) is 5.82. The van der Waals surface area contributed by atoms with E-state index in [-0.39, 0.29) is 11.2 Å². The lowest BCUT2D eigenvalue weighted by Gasteiger charge is -2.19. The van der Waals surface area contributed by atoms with Gasteiger partial charge in [-0.15, -0.1) is 10.2 Å². The average molecular weight is 351 g/mol. The molecule has 1 saturated heterocycles. The Labute approximate surface area is 145 Å². The molecule has 7 heteroatoms. The van der Waals surface area contributed by atoms with Gasteiger partial charge in [0.2, 0.25) is 5.91 Å². The number of nitrogens with zero attached hydrogens (tertiary/aromatic N) is 4. The molecule has 0 radical (unpaired) electrons. The number of hydrogen-bond acceptors (Lipinski definition) is 4. The molecule has 1 aliphatic rings. The molecule has 1 unspecified atom stereocenters. The van der Waals surface area contributed by atoms with Gasteiger partial charge in [0, 0.05) is 18.1 Å². The Morgan fingerprint density at radius 3 is 2.78 bits per heavy atom. The van der Waals surface area contributed by atoms with Crippen LogP contribution in [0.1, 0.15) is 25.3 Å². The first-order valence-corrected chi connectivity index (χ1v) is 8.94. The summed E-state index contributed by atoms with van der Waals surface area (Å²) in [5.41, 5.74) is 1.92. The summed E-state index contributed by atoms with van der Waals surface area (Å²) in [7, 11) is 0. The summed E-state index contributed by atoms with van der Waals surface area (Å²) in [5.74, 6) is 0.170. The Morgan fingerprint density at radius 1 is 1.35 bits per heavy atom. The lowest BCUT2D eigenvalue weighted by molar-refractivity contribution is -0.129. The maximum absolute atomic E-state index is 12.4. The summed E-state index contributed by atoms with van der Waals surface area (Å²) in [5, 5.41) is 9.36. The number of hydrogen-bond donors (Lipinski definition) is 0. The molecule has 23 heavy (non-hydrogen) atoms. The summed E-state index contributed by atoms with van der Waals surface area (Å²) < 4.78 is 1.86. The fourth-order valence-electron chi connectivity index (χ4n) is 2.62. The van der Waals surface area contributed by atoms with Crippen LogP contribution in [0.5, 0.6) is 0 Å². The normalized spacial score (nSPS) is 15.9. The van der Waals surface area contributed by atoms with Crippen LogP contribution in [0.4, 0.5) is 0 Å². The van der Waals surface area contributed by atoms with Gasteiger partial charge in [-0.05, 0) is 44.4 Å². The predicted molar refractivity (Wildman–Crippen MR) is 92.2 cm³/mol. The van der Waals surface area contributed by atoms with Crippen LogP contribution in [0.3, 0.4) is 0 Å². The summed E-state index contributed by atoms with van der Waals surface area (Å²) in [6.45, 7) is 5.62. The van der Waals surface area contributed by atoms with Crippen molar-refractivity contribution in [2.45, 2.75) is 37.1 Å². The summed E-state index contributed by atoms with van der Waals surface area (Å²) in [4.78, 5) is 14.4. The third-order valence-electron chi connectivity index (χ3n) is 4.00. The van der Waals surface area contributed by atoms with Crippen molar-refractivity contribution >= 4 is 29.3 Å². The van der Waals surface area contributed by atoms with Gasteiger partial charge in [0.25, 0.3) is 0 Å². The standard InChI is InChI=1S/C16H19ClN4OS/c1-11-5-6-13(9-14(11)17)21-10-18-19-16(21)23-12(2)15(22)20-7-3-4-8-20/h5-6,9-10,12H,3-4,7-8H2,1-2H3. The Balaban J connectivity index is 1.77. The van der Waals surface area contributed by atoms with Gasteiger partial charge in [-0.1, -0.05) is 29.4 Å². The molecule has 2 aromatic rings. The van der Waals surface area contributed by atoms with Crippen molar-refractivity contribution in [3.63, 3.8) is 0 Å². The van der Waals surface area contributed by atoms with Crippen LogP contribution in [0.2, 0.25) is 5.02 Å². The minimum absolute atomic E-state index is 0.170. The molecule has 0 aliphatic carbocycles. The van der Waals surface area contributed by atoms with Gasteiger partial charge < -0.3 is 4.90 Å². The van der Waals surface area contributed by atoms with Gasteiger partial charge in [-0.3, -0.25) is 9.36 Å². The minimum atomic E-state index is -0.183. The maximum atomic E-state index is 12.4. The zero-order chi connectivity index (χ0) is 16.4. The van der Waals surface area contributed by atoms with E-state index in [0.29, 0.717) is 10.2 Å². The van der Waals surface area contributed by atoms with Crippen LogP contribution >= 0.6 is 23.4 Å². The van der Waals surface area contributed by atoms with Crippen molar-refractivity contribution in [3.05, 3.63) is 35.1 Å². The predicted octanol–water partition coefficient (Wildman–Crippen LogP) is 3.33. The van der Waals surface area contributed by atoms with Crippen LogP contribution in [0.25, 0.3) is 5.69 Å². The van der Waals surface area contributed by atoms with E-state index in [0.717, 1.165) is 37.2 Å². The fourth-order valence-corrected chi connectivity index (χ4v) is 3.72. The lowest BCUT2D eigenvalue weighted by Crippen LogP contribution is -2.34. The number of benzene rings is 1. The first-order valence-electron chi connectivity index (χ1n) is 7.68. The number of thioether (sulfide) groups is 1. The highest BCUT2D eigenvalue weighted by Crippen LogP contribution is 2.27. The maximum Gasteiger partial charge on any atom is 0.235 e. The van der Waals surface area contributed by atoms with Gasteiger partial charge in [0.15, 0.2) is 5.16 Å². The van der Waals surface area contributed by atoms with E-state index < -0.39 is 0 Å². The first kappa shape index (κ1) is 16.3. The monoisotopic (exact) mass is 350 g/mol. The average Bonchev–Trinajstić information content (AvgIpc) is 3.20. The summed E-state index contributed by atoms with van der Waals surface area (Å²) in [6.07, 6.45) is 3.85. The van der Waals surface area contributed by atoms with Crippen LogP contribution in [-0.4, -0.2) is 43.9 Å². The molecule has 0 spiro atoms. The highest BCUT2D eigenvalue weighted by atomic mass is 35.5. The van der Waals surface area contributed by atoms with E-state index in [1.165, 1.54) is 11.8 Å². The number of likely N-dealkylation sites (tertiary alicyclic amines) is 1. The second-order valence-corrected chi connectivity index (χ2v) is 7.42. The first-order chi connectivity index (χ1) is 11.1. The van der Waals surface area contributed by atoms with Gasteiger partial charge in [0.1, 0.15) is 6.33 Å². The molecule has 2 heterocycles. The van der Waals surface area contributed by atoms with Crippen molar-refractivity contribution in [1.29, 1.82) is 0 Å². The highest BCUT2D eigenvalue weighted by Gasteiger charge is 2.25. The molecule has 5 nitrogen and oxygen atoms in total. The van der Waals surface area contributed by atoms with E-state index in [9.17, 15) is 4.79 Å². The van der Waals surface area contributed by atoms with Crippen LogP contribution in [0, 0.1) is 6.92 Å². The van der Waals surface area contributed by atoms with Gasteiger partial charge >= 0.3 is 0 Å². The molecule has 3 rings (SSSR count). The molecule has 1 atom stereocenters. The van der Waals surface area contributed by atoms with E-state index in [4.69, 9.17) is 11.6 Å².